The van der Waals surface area contributed by atoms with Crippen LogP contribution >= 0.6 is 0 Å². The van der Waals surface area contributed by atoms with Gasteiger partial charge in [-0.05, 0) is 23.6 Å². The molecule has 0 saturated heterocycles. The number of carbonyl (C=O) groups is 1. The Bertz CT molecular complexity index is 979. The first kappa shape index (κ1) is 15.9. The fourth-order valence-corrected chi connectivity index (χ4v) is 2.89. The van der Waals surface area contributed by atoms with E-state index in [4.69, 9.17) is 0 Å². The molecule has 0 aliphatic carbocycles. The number of rotatable bonds is 3. The van der Waals surface area contributed by atoms with Gasteiger partial charge in [0.1, 0.15) is 5.82 Å². The molecule has 3 aromatic rings. The maximum Gasteiger partial charge on any atom is 0.256 e. The fraction of sp³-hybridized carbons (Fsp3) is 0.158. The lowest BCUT2D eigenvalue weighted by Crippen LogP contribution is -2.34. The minimum Gasteiger partial charge on any atom is -0.345 e. The van der Waals surface area contributed by atoms with E-state index in [0.717, 1.165) is 10.9 Å². The van der Waals surface area contributed by atoms with Crippen molar-refractivity contribution in [1.29, 1.82) is 0 Å². The molecule has 5 heteroatoms. The van der Waals surface area contributed by atoms with Crippen molar-refractivity contribution >= 4 is 16.8 Å². The van der Waals surface area contributed by atoms with E-state index in [1.54, 1.807) is 31.3 Å². The Hall–Kier alpha value is -2.95. The molecule has 24 heavy (non-hydrogen) atoms. The Morgan fingerprint density at radius 2 is 1.75 bits per heavy atom. The van der Waals surface area contributed by atoms with Crippen molar-refractivity contribution in [3.05, 3.63) is 81.9 Å². The molecule has 0 bridgehead atoms. The zero-order valence-electron chi connectivity index (χ0n) is 13.4. The normalized spacial score (nSPS) is 12.1. The van der Waals surface area contributed by atoms with Crippen LogP contribution in [0.25, 0.3) is 10.9 Å². The molecule has 4 nitrogen and oxygen atoms in total. The van der Waals surface area contributed by atoms with Crippen molar-refractivity contribution in [2.24, 2.45) is 7.05 Å². The molecule has 0 aliphatic rings. The number of para-hydroxylation sites is 1. The van der Waals surface area contributed by atoms with Gasteiger partial charge >= 0.3 is 0 Å². The van der Waals surface area contributed by atoms with Gasteiger partial charge in [-0.2, -0.15) is 0 Å². The van der Waals surface area contributed by atoms with E-state index in [1.807, 2.05) is 24.3 Å². The summed E-state index contributed by atoms with van der Waals surface area (Å²) in [5, 5.41) is 3.54. The Morgan fingerprint density at radius 3 is 2.46 bits per heavy atom. The number of amides is 1. The molecule has 1 heterocycles. The highest BCUT2D eigenvalue weighted by Gasteiger charge is 2.22. The number of benzene rings is 2. The lowest BCUT2D eigenvalue weighted by atomic mass is 9.97. The van der Waals surface area contributed by atoms with Gasteiger partial charge < -0.3 is 9.88 Å². The van der Waals surface area contributed by atoms with E-state index >= 15 is 0 Å². The molecule has 0 fully saturated rings. The summed E-state index contributed by atoms with van der Waals surface area (Å²) in [6.45, 7) is 1.35. The van der Waals surface area contributed by atoms with Crippen LogP contribution in [-0.2, 0) is 11.8 Å². The van der Waals surface area contributed by atoms with Crippen LogP contribution < -0.4 is 10.9 Å². The summed E-state index contributed by atoms with van der Waals surface area (Å²) in [5.74, 6) is -0.801. The summed E-state index contributed by atoms with van der Waals surface area (Å²) in [7, 11) is 1.67. The number of pyridine rings is 1. The van der Waals surface area contributed by atoms with Gasteiger partial charge in [0.2, 0.25) is 5.91 Å². The molecule has 1 aromatic heterocycles. The van der Waals surface area contributed by atoms with E-state index in [2.05, 4.69) is 5.32 Å². The van der Waals surface area contributed by atoms with Gasteiger partial charge in [0, 0.05) is 25.1 Å². The summed E-state index contributed by atoms with van der Waals surface area (Å²) in [5.41, 5.74) is 1.11. The molecular formula is C19H17FN2O2. The summed E-state index contributed by atoms with van der Waals surface area (Å²) in [6.07, 6.45) is 0. The Labute approximate surface area is 138 Å². The topological polar surface area (TPSA) is 51.1 Å². The van der Waals surface area contributed by atoms with Crippen LogP contribution in [0.1, 0.15) is 24.1 Å². The highest BCUT2D eigenvalue weighted by atomic mass is 19.1. The molecule has 0 radical (unpaired) electrons. The van der Waals surface area contributed by atoms with Crippen molar-refractivity contribution in [2.75, 3.05) is 0 Å². The van der Waals surface area contributed by atoms with Crippen molar-refractivity contribution < 1.29 is 9.18 Å². The number of nitrogens with one attached hydrogen (secondary N) is 1. The zero-order valence-corrected chi connectivity index (χ0v) is 13.4. The minimum absolute atomic E-state index is 0.264. The van der Waals surface area contributed by atoms with Gasteiger partial charge in [-0.15, -0.1) is 0 Å². The second kappa shape index (κ2) is 6.28. The third-order valence-electron chi connectivity index (χ3n) is 4.04. The van der Waals surface area contributed by atoms with Crippen LogP contribution in [0.3, 0.4) is 0 Å². The second-order valence-electron chi connectivity index (χ2n) is 5.68. The molecule has 0 saturated carbocycles. The number of aromatic nitrogens is 1. The predicted octanol–water partition coefficient (Wildman–Crippen LogP) is 2.90. The highest BCUT2D eigenvalue weighted by Crippen LogP contribution is 2.24. The molecule has 0 aliphatic heterocycles. The van der Waals surface area contributed by atoms with E-state index < -0.39 is 11.9 Å². The molecule has 1 atom stereocenters. The molecule has 1 amide bonds. The van der Waals surface area contributed by atoms with Gasteiger partial charge in [-0.1, -0.05) is 36.4 Å². The summed E-state index contributed by atoms with van der Waals surface area (Å²) >= 11 is 0. The summed E-state index contributed by atoms with van der Waals surface area (Å²) < 4.78 is 15.8. The third kappa shape index (κ3) is 2.80. The Morgan fingerprint density at radius 1 is 1.08 bits per heavy atom. The Kier molecular flexibility index (Phi) is 4.16. The zero-order chi connectivity index (χ0) is 17.3. The van der Waals surface area contributed by atoms with Crippen LogP contribution in [0.15, 0.2) is 59.4 Å². The lowest BCUT2D eigenvalue weighted by Gasteiger charge is -2.20. The first-order valence-corrected chi connectivity index (χ1v) is 7.59. The third-order valence-corrected chi connectivity index (χ3v) is 4.04. The van der Waals surface area contributed by atoms with E-state index in [0.29, 0.717) is 5.56 Å². The minimum atomic E-state index is -0.841. The molecule has 3 rings (SSSR count). The molecule has 2 aromatic carbocycles. The summed E-state index contributed by atoms with van der Waals surface area (Å²) in [4.78, 5) is 24.4. The van der Waals surface area contributed by atoms with Crippen LogP contribution in [0.4, 0.5) is 4.39 Å². The van der Waals surface area contributed by atoms with Gasteiger partial charge in [-0.3, -0.25) is 9.59 Å². The van der Waals surface area contributed by atoms with Crippen molar-refractivity contribution in [2.45, 2.75) is 13.0 Å². The average molecular weight is 324 g/mol. The lowest BCUT2D eigenvalue weighted by molar-refractivity contribution is -0.119. The van der Waals surface area contributed by atoms with Gasteiger partial charge in [0.05, 0.1) is 11.6 Å². The van der Waals surface area contributed by atoms with E-state index in [-0.39, 0.29) is 17.0 Å². The number of carbonyl (C=O) groups excluding carboxylic acids is 1. The first-order chi connectivity index (χ1) is 11.5. The monoisotopic (exact) mass is 324 g/mol. The van der Waals surface area contributed by atoms with Crippen LogP contribution in [0.5, 0.6) is 0 Å². The molecule has 122 valence electrons. The van der Waals surface area contributed by atoms with E-state index in [9.17, 15) is 14.0 Å². The average Bonchev–Trinajstić information content (AvgIpc) is 2.57. The van der Waals surface area contributed by atoms with Crippen LogP contribution in [0, 0.1) is 5.82 Å². The molecule has 0 spiro atoms. The number of hydrogen-bond donors (Lipinski definition) is 1. The quantitative estimate of drug-likeness (QED) is 0.805. The van der Waals surface area contributed by atoms with Crippen LogP contribution in [-0.4, -0.2) is 10.5 Å². The maximum atomic E-state index is 14.3. The Balaban J connectivity index is 2.27. The van der Waals surface area contributed by atoms with Crippen LogP contribution in [0.2, 0.25) is 0 Å². The number of halogens is 1. The van der Waals surface area contributed by atoms with Gasteiger partial charge in [0.15, 0.2) is 0 Å². The second-order valence-corrected chi connectivity index (χ2v) is 5.68. The maximum absolute atomic E-state index is 14.3. The highest BCUT2D eigenvalue weighted by molar-refractivity contribution is 5.80. The largest absolute Gasteiger partial charge is 0.345 e. The SMILES string of the molecule is CC(=O)NC(c1ccccc1F)c1cc2ccccc2n(C)c1=O. The number of aryl methyl sites for hydroxylation is 1. The van der Waals surface area contributed by atoms with Gasteiger partial charge in [-0.25, -0.2) is 4.39 Å². The van der Waals surface area contributed by atoms with Crippen molar-refractivity contribution in [3.63, 3.8) is 0 Å². The molecule has 1 unspecified atom stereocenters. The molecular weight excluding hydrogens is 307 g/mol. The van der Waals surface area contributed by atoms with E-state index in [1.165, 1.54) is 17.6 Å². The van der Waals surface area contributed by atoms with Gasteiger partial charge in [0.25, 0.3) is 5.56 Å². The number of hydrogen-bond acceptors (Lipinski definition) is 2. The smallest absolute Gasteiger partial charge is 0.256 e. The van der Waals surface area contributed by atoms with Crippen molar-refractivity contribution in [1.82, 2.24) is 9.88 Å². The van der Waals surface area contributed by atoms with Crippen molar-refractivity contribution in [3.8, 4) is 0 Å². The fourth-order valence-electron chi connectivity index (χ4n) is 2.89. The number of nitrogens with zero attached hydrogens (tertiary/aromatic N) is 1. The predicted molar refractivity (Wildman–Crippen MR) is 91.2 cm³/mol. The standard InChI is InChI=1S/C19H17FN2O2/c1-12(23)21-18(14-8-4-5-9-16(14)20)15-11-13-7-3-6-10-17(13)22(2)19(15)24/h3-11,18H,1-2H3,(H,21,23). The number of fused-ring (bicyclic) bond motifs is 1. The molecule has 1 N–H and O–H groups in total. The first-order valence-electron chi connectivity index (χ1n) is 7.59. The summed E-state index contributed by atoms with van der Waals surface area (Å²) in [6, 6.07) is 14.5.